The lowest BCUT2D eigenvalue weighted by molar-refractivity contribution is -0.193. The summed E-state index contributed by atoms with van der Waals surface area (Å²) in [5.74, 6) is -3.65. The lowest BCUT2D eigenvalue weighted by Crippen LogP contribution is -2.28. The van der Waals surface area contributed by atoms with Gasteiger partial charge in [0.2, 0.25) is 0 Å². The molecule has 0 radical (unpaired) electrons. The maximum atomic E-state index is 13.9. The Morgan fingerprint density at radius 1 is 0.850 bits per heavy atom. The highest BCUT2D eigenvalue weighted by Gasteiger charge is 2.41. The molecule has 0 aliphatic rings. The van der Waals surface area contributed by atoms with E-state index in [-0.39, 0.29) is 5.39 Å². The first-order valence-corrected chi connectivity index (χ1v) is 6.11. The summed E-state index contributed by atoms with van der Waals surface area (Å²) in [6, 6.07) is 15.1. The van der Waals surface area contributed by atoms with Gasteiger partial charge in [0.05, 0.1) is 0 Å². The molecule has 0 aliphatic heterocycles. The van der Waals surface area contributed by atoms with Crippen LogP contribution in [0.25, 0.3) is 21.5 Å². The molecule has 0 bridgehead atoms. The number of rotatable bonds is 2. The van der Waals surface area contributed by atoms with Crippen molar-refractivity contribution in [3.8, 4) is 0 Å². The summed E-state index contributed by atoms with van der Waals surface area (Å²) in [4.78, 5) is 0. The van der Waals surface area contributed by atoms with Gasteiger partial charge >= 0.3 is 6.43 Å². The summed E-state index contributed by atoms with van der Waals surface area (Å²) < 4.78 is 39.3. The average Bonchev–Trinajstić information content (AvgIpc) is 2.44. The van der Waals surface area contributed by atoms with E-state index in [9.17, 15) is 18.3 Å². The smallest absolute Gasteiger partial charge is 0.300 e. The minimum Gasteiger partial charge on any atom is -0.354 e. The van der Waals surface area contributed by atoms with Crippen LogP contribution < -0.4 is 0 Å². The maximum Gasteiger partial charge on any atom is 0.300 e. The fourth-order valence-electron chi connectivity index (χ4n) is 2.39. The fourth-order valence-corrected chi connectivity index (χ4v) is 2.39. The van der Waals surface area contributed by atoms with E-state index in [1.54, 1.807) is 18.2 Å². The van der Waals surface area contributed by atoms with E-state index in [1.165, 1.54) is 12.1 Å². The van der Waals surface area contributed by atoms with Crippen molar-refractivity contribution in [3.63, 3.8) is 0 Å². The van der Waals surface area contributed by atoms with Gasteiger partial charge in [0.25, 0.3) is 5.85 Å². The monoisotopic (exact) mass is 276 g/mol. The van der Waals surface area contributed by atoms with Crippen LogP contribution in [-0.2, 0) is 5.85 Å². The molecule has 3 aromatic rings. The van der Waals surface area contributed by atoms with E-state index < -0.39 is 17.8 Å². The highest BCUT2D eigenvalue weighted by atomic mass is 19.3. The first-order valence-electron chi connectivity index (χ1n) is 6.11. The van der Waals surface area contributed by atoms with Gasteiger partial charge in [-0.2, -0.15) is 0 Å². The molecule has 4 heteroatoms. The molecule has 0 amide bonds. The molecular formula is C16H11F3O. The Hall–Kier alpha value is -2.07. The molecule has 3 aromatic carbocycles. The average molecular weight is 276 g/mol. The van der Waals surface area contributed by atoms with Crippen molar-refractivity contribution >= 4 is 21.5 Å². The van der Waals surface area contributed by atoms with Crippen molar-refractivity contribution in [3.05, 3.63) is 60.2 Å². The summed E-state index contributed by atoms with van der Waals surface area (Å²) in [6.45, 7) is 0. The van der Waals surface area contributed by atoms with E-state index >= 15 is 0 Å². The van der Waals surface area contributed by atoms with E-state index in [2.05, 4.69) is 0 Å². The number of hydrogen-bond acceptors (Lipinski definition) is 1. The van der Waals surface area contributed by atoms with Crippen LogP contribution in [0.15, 0.2) is 54.6 Å². The van der Waals surface area contributed by atoms with Crippen LogP contribution in [0, 0.1) is 0 Å². The molecule has 0 aromatic heterocycles. The first kappa shape index (κ1) is 12.9. The first-order chi connectivity index (χ1) is 9.50. The fraction of sp³-hybridized carbons (Fsp3) is 0.125. The van der Waals surface area contributed by atoms with Crippen molar-refractivity contribution in [1.29, 1.82) is 0 Å². The molecule has 1 atom stereocenters. The van der Waals surface area contributed by atoms with Crippen LogP contribution in [0.5, 0.6) is 0 Å². The Kier molecular flexibility index (Phi) is 2.91. The van der Waals surface area contributed by atoms with Crippen molar-refractivity contribution in [2.45, 2.75) is 12.3 Å². The molecule has 1 N–H and O–H groups in total. The SMILES string of the molecule is OC(F)(c1cccc2cc3ccccc3cc12)C(F)F. The number of fused-ring (bicyclic) bond motifs is 2. The van der Waals surface area contributed by atoms with Crippen molar-refractivity contribution in [1.82, 2.24) is 0 Å². The second-order valence-electron chi connectivity index (χ2n) is 4.70. The second-order valence-corrected chi connectivity index (χ2v) is 4.70. The summed E-state index contributed by atoms with van der Waals surface area (Å²) in [5.41, 5.74) is -0.407. The highest BCUT2D eigenvalue weighted by Crippen LogP contribution is 2.36. The zero-order valence-electron chi connectivity index (χ0n) is 10.4. The predicted octanol–water partition coefficient (Wildman–Crippen LogP) is 4.37. The third kappa shape index (κ3) is 1.93. The van der Waals surface area contributed by atoms with E-state index in [0.717, 1.165) is 10.8 Å². The molecule has 0 saturated heterocycles. The van der Waals surface area contributed by atoms with Crippen LogP contribution in [0.4, 0.5) is 13.2 Å². The topological polar surface area (TPSA) is 20.2 Å². The van der Waals surface area contributed by atoms with Gasteiger partial charge in [-0.15, -0.1) is 0 Å². The Morgan fingerprint density at radius 2 is 1.45 bits per heavy atom. The van der Waals surface area contributed by atoms with Crippen molar-refractivity contribution in [2.75, 3.05) is 0 Å². The Morgan fingerprint density at radius 3 is 2.10 bits per heavy atom. The van der Waals surface area contributed by atoms with Crippen LogP contribution in [0.1, 0.15) is 5.56 Å². The quantitative estimate of drug-likeness (QED) is 0.689. The Balaban J connectivity index is 2.36. The van der Waals surface area contributed by atoms with Crippen molar-refractivity contribution < 1.29 is 18.3 Å². The second kappa shape index (κ2) is 4.49. The molecule has 20 heavy (non-hydrogen) atoms. The summed E-state index contributed by atoms with van der Waals surface area (Å²) >= 11 is 0. The van der Waals surface area contributed by atoms with Gasteiger partial charge in [0.15, 0.2) is 0 Å². The number of benzene rings is 3. The third-order valence-corrected chi connectivity index (χ3v) is 3.41. The van der Waals surface area contributed by atoms with Crippen LogP contribution >= 0.6 is 0 Å². The molecule has 102 valence electrons. The van der Waals surface area contributed by atoms with Gasteiger partial charge in [-0.05, 0) is 33.7 Å². The molecule has 0 spiro atoms. The lowest BCUT2D eigenvalue weighted by Gasteiger charge is -2.20. The summed E-state index contributed by atoms with van der Waals surface area (Å²) in [7, 11) is 0. The van der Waals surface area contributed by atoms with Gasteiger partial charge in [-0.3, -0.25) is 0 Å². The lowest BCUT2D eigenvalue weighted by atomic mass is 9.96. The van der Waals surface area contributed by atoms with Gasteiger partial charge in [0.1, 0.15) is 0 Å². The summed E-state index contributed by atoms with van der Waals surface area (Å²) in [6.07, 6.45) is -3.50. The third-order valence-electron chi connectivity index (χ3n) is 3.41. The van der Waals surface area contributed by atoms with Gasteiger partial charge < -0.3 is 5.11 Å². The van der Waals surface area contributed by atoms with E-state index in [0.29, 0.717) is 5.39 Å². The van der Waals surface area contributed by atoms with Gasteiger partial charge in [-0.25, -0.2) is 13.2 Å². The molecular weight excluding hydrogens is 265 g/mol. The zero-order chi connectivity index (χ0) is 14.3. The number of hydrogen-bond donors (Lipinski definition) is 1. The molecule has 0 fully saturated rings. The largest absolute Gasteiger partial charge is 0.354 e. The predicted molar refractivity (Wildman–Crippen MR) is 72.5 cm³/mol. The number of aliphatic hydroxyl groups is 1. The molecule has 1 unspecified atom stereocenters. The standard InChI is InChI=1S/C16H11F3O/c17-15(18)16(19,20)14-7-3-6-12-8-10-4-1-2-5-11(10)9-13(12)14/h1-9,15,20H. The number of halogens is 3. The van der Waals surface area contributed by atoms with E-state index in [4.69, 9.17) is 0 Å². The van der Waals surface area contributed by atoms with Gasteiger partial charge in [-0.1, -0.05) is 42.5 Å². The van der Waals surface area contributed by atoms with Crippen LogP contribution in [-0.4, -0.2) is 11.5 Å². The maximum absolute atomic E-state index is 13.9. The van der Waals surface area contributed by atoms with Crippen LogP contribution in [0.2, 0.25) is 0 Å². The summed E-state index contributed by atoms with van der Waals surface area (Å²) in [5, 5.41) is 12.0. The normalized spacial score (nSPS) is 14.8. The minimum absolute atomic E-state index is 0.288. The molecule has 3 rings (SSSR count). The minimum atomic E-state index is -3.65. The highest BCUT2D eigenvalue weighted by molar-refractivity contribution is 5.99. The van der Waals surface area contributed by atoms with E-state index in [1.807, 2.05) is 24.3 Å². The van der Waals surface area contributed by atoms with Crippen molar-refractivity contribution in [2.24, 2.45) is 0 Å². The molecule has 0 aliphatic carbocycles. The Labute approximate surface area is 113 Å². The Bertz CT molecular complexity index is 781. The van der Waals surface area contributed by atoms with Crippen LogP contribution in [0.3, 0.4) is 0 Å². The molecule has 1 nitrogen and oxygen atoms in total. The molecule has 0 saturated carbocycles. The van der Waals surface area contributed by atoms with Gasteiger partial charge in [0, 0.05) is 5.56 Å². The zero-order valence-corrected chi connectivity index (χ0v) is 10.4. The number of alkyl halides is 3. The molecule has 0 heterocycles.